The fourth-order valence-electron chi connectivity index (χ4n) is 3.53. The second-order valence-corrected chi connectivity index (χ2v) is 7.18. The van der Waals surface area contributed by atoms with Crippen LogP contribution in [-0.2, 0) is 0 Å². The van der Waals surface area contributed by atoms with Gasteiger partial charge in [0.25, 0.3) is 0 Å². The van der Waals surface area contributed by atoms with Gasteiger partial charge in [-0.2, -0.15) is 5.10 Å². The van der Waals surface area contributed by atoms with Crippen molar-refractivity contribution in [3.8, 4) is 33.9 Å². The van der Waals surface area contributed by atoms with E-state index in [1.54, 1.807) is 0 Å². The molecule has 0 aliphatic heterocycles. The third kappa shape index (κ3) is 3.26. The van der Waals surface area contributed by atoms with E-state index in [-0.39, 0.29) is 0 Å². The van der Waals surface area contributed by atoms with E-state index < -0.39 is 0 Å². The van der Waals surface area contributed by atoms with Crippen molar-refractivity contribution in [3.63, 3.8) is 0 Å². The van der Waals surface area contributed by atoms with Crippen LogP contribution in [0.4, 0.5) is 5.82 Å². The molecule has 0 saturated carbocycles. The molecule has 146 valence electrons. The van der Waals surface area contributed by atoms with Gasteiger partial charge in [0.2, 0.25) is 0 Å². The summed E-state index contributed by atoms with van der Waals surface area (Å²) in [4.78, 5) is 4.73. The number of rotatable bonds is 4. The third-order valence-electron chi connectivity index (χ3n) is 5.09. The van der Waals surface area contributed by atoms with Crippen LogP contribution in [0.2, 0.25) is 0 Å². The highest BCUT2D eigenvalue weighted by molar-refractivity contribution is 6.06. The molecule has 5 aromatic rings. The summed E-state index contributed by atoms with van der Waals surface area (Å²) >= 11 is 0. The molecule has 5 rings (SSSR count). The van der Waals surface area contributed by atoms with Crippen molar-refractivity contribution in [1.29, 1.82) is 0 Å². The maximum Gasteiger partial charge on any atom is 0.153 e. The van der Waals surface area contributed by atoms with E-state index in [9.17, 15) is 0 Å². The standard InChI is InChI=1S/C25H20N4O/c1-16-7-9-18(10-8-16)23-24-22(25(26)29-28-24)21(15-27-23)17-11-13-20(14-12-17)30-19-5-3-2-4-6-19/h2-15H,1H3,(H3,26,28,29). The summed E-state index contributed by atoms with van der Waals surface area (Å²) in [5.41, 5.74) is 12.0. The average molecular weight is 392 g/mol. The predicted molar refractivity (Wildman–Crippen MR) is 120 cm³/mol. The maximum atomic E-state index is 6.22. The number of H-pyrrole nitrogens is 1. The van der Waals surface area contributed by atoms with Gasteiger partial charge in [0, 0.05) is 17.3 Å². The number of nitrogens with zero attached hydrogens (tertiary/aromatic N) is 2. The number of pyridine rings is 1. The Balaban J connectivity index is 1.54. The van der Waals surface area contributed by atoms with Gasteiger partial charge in [-0.3, -0.25) is 10.1 Å². The summed E-state index contributed by atoms with van der Waals surface area (Å²) in [5.74, 6) is 2.03. The number of aromatic amines is 1. The number of fused-ring (bicyclic) bond motifs is 1. The fourth-order valence-corrected chi connectivity index (χ4v) is 3.53. The van der Waals surface area contributed by atoms with Gasteiger partial charge in [0.05, 0.1) is 16.6 Å². The van der Waals surface area contributed by atoms with E-state index in [0.717, 1.165) is 44.8 Å². The first-order valence-electron chi connectivity index (χ1n) is 9.72. The van der Waals surface area contributed by atoms with Crippen LogP contribution in [0.1, 0.15) is 5.56 Å². The molecular formula is C25H20N4O. The van der Waals surface area contributed by atoms with Gasteiger partial charge in [-0.1, -0.05) is 60.2 Å². The van der Waals surface area contributed by atoms with Crippen LogP contribution in [0.15, 0.2) is 85.1 Å². The lowest BCUT2D eigenvalue weighted by Crippen LogP contribution is -1.91. The number of benzene rings is 3. The Bertz CT molecular complexity index is 1310. The van der Waals surface area contributed by atoms with Crippen molar-refractivity contribution in [2.24, 2.45) is 0 Å². The van der Waals surface area contributed by atoms with Crippen LogP contribution in [0.25, 0.3) is 33.3 Å². The molecule has 2 heterocycles. The zero-order valence-electron chi connectivity index (χ0n) is 16.5. The molecule has 3 aromatic carbocycles. The number of aromatic nitrogens is 3. The minimum absolute atomic E-state index is 0.459. The Hall–Kier alpha value is -4.12. The first kappa shape index (κ1) is 17.9. The molecule has 0 saturated heterocycles. The van der Waals surface area contributed by atoms with Crippen molar-refractivity contribution in [2.75, 3.05) is 5.73 Å². The number of para-hydroxylation sites is 1. The number of nitrogen functional groups attached to an aromatic ring is 1. The van der Waals surface area contributed by atoms with E-state index in [1.807, 2.05) is 60.8 Å². The number of ether oxygens (including phenoxy) is 1. The van der Waals surface area contributed by atoms with Crippen molar-refractivity contribution in [2.45, 2.75) is 6.92 Å². The number of nitrogens with two attached hydrogens (primary N) is 1. The Kier molecular flexibility index (Phi) is 4.41. The smallest absolute Gasteiger partial charge is 0.153 e. The molecule has 0 atom stereocenters. The summed E-state index contributed by atoms with van der Waals surface area (Å²) in [7, 11) is 0. The quantitative estimate of drug-likeness (QED) is 0.395. The molecule has 5 nitrogen and oxygen atoms in total. The molecule has 0 bridgehead atoms. The molecule has 30 heavy (non-hydrogen) atoms. The van der Waals surface area contributed by atoms with Gasteiger partial charge in [-0.05, 0) is 36.8 Å². The lowest BCUT2D eigenvalue weighted by molar-refractivity contribution is 0.483. The zero-order chi connectivity index (χ0) is 20.5. The maximum absolute atomic E-state index is 6.22. The first-order chi connectivity index (χ1) is 14.7. The minimum atomic E-state index is 0.459. The van der Waals surface area contributed by atoms with E-state index >= 15 is 0 Å². The van der Waals surface area contributed by atoms with Crippen LogP contribution in [0.5, 0.6) is 11.5 Å². The van der Waals surface area contributed by atoms with Gasteiger partial charge < -0.3 is 10.5 Å². The van der Waals surface area contributed by atoms with Crippen LogP contribution in [0, 0.1) is 6.92 Å². The van der Waals surface area contributed by atoms with Crippen LogP contribution in [0.3, 0.4) is 0 Å². The summed E-state index contributed by atoms with van der Waals surface area (Å²) in [6.07, 6.45) is 1.86. The Morgan fingerprint density at radius 1 is 0.800 bits per heavy atom. The van der Waals surface area contributed by atoms with Gasteiger partial charge in [0.1, 0.15) is 11.5 Å². The topological polar surface area (TPSA) is 76.8 Å². The zero-order valence-corrected chi connectivity index (χ0v) is 16.5. The van der Waals surface area contributed by atoms with Crippen LogP contribution in [-0.4, -0.2) is 15.2 Å². The average Bonchev–Trinajstić information content (AvgIpc) is 3.17. The lowest BCUT2D eigenvalue weighted by atomic mass is 10.0. The predicted octanol–water partition coefficient (Wildman–Crippen LogP) is 5.97. The molecule has 2 aromatic heterocycles. The van der Waals surface area contributed by atoms with Gasteiger partial charge in [-0.25, -0.2) is 0 Å². The molecule has 0 unspecified atom stereocenters. The fraction of sp³-hybridized carbons (Fsp3) is 0.0400. The largest absolute Gasteiger partial charge is 0.457 e. The van der Waals surface area contributed by atoms with Gasteiger partial charge in [-0.15, -0.1) is 0 Å². The van der Waals surface area contributed by atoms with Crippen molar-refractivity contribution in [1.82, 2.24) is 15.2 Å². The van der Waals surface area contributed by atoms with Crippen molar-refractivity contribution in [3.05, 3.63) is 90.6 Å². The number of hydrogen-bond donors (Lipinski definition) is 2. The molecule has 0 radical (unpaired) electrons. The Morgan fingerprint density at radius 3 is 2.20 bits per heavy atom. The number of aryl methyl sites for hydroxylation is 1. The summed E-state index contributed by atoms with van der Waals surface area (Å²) in [6.45, 7) is 2.06. The summed E-state index contributed by atoms with van der Waals surface area (Å²) in [6, 6.07) is 25.9. The van der Waals surface area contributed by atoms with Crippen LogP contribution >= 0.6 is 0 Å². The third-order valence-corrected chi connectivity index (χ3v) is 5.09. The second-order valence-electron chi connectivity index (χ2n) is 7.18. The highest BCUT2D eigenvalue weighted by atomic mass is 16.5. The molecule has 0 aliphatic rings. The molecule has 0 fully saturated rings. The highest BCUT2D eigenvalue weighted by Gasteiger charge is 2.16. The second kappa shape index (κ2) is 7.37. The van der Waals surface area contributed by atoms with Crippen LogP contribution < -0.4 is 10.5 Å². The van der Waals surface area contributed by atoms with Gasteiger partial charge in [0.15, 0.2) is 5.82 Å². The number of anilines is 1. The minimum Gasteiger partial charge on any atom is -0.457 e. The Labute approximate surface area is 174 Å². The van der Waals surface area contributed by atoms with E-state index in [1.165, 1.54) is 5.56 Å². The Morgan fingerprint density at radius 2 is 1.47 bits per heavy atom. The molecule has 0 amide bonds. The van der Waals surface area contributed by atoms with E-state index in [2.05, 4.69) is 41.4 Å². The van der Waals surface area contributed by atoms with E-state index in [0.29, 0.717) is 5.82 Å². The van der Waals surface area contributed by atoms with Crippen molar-refractivity contribution >= 4 is 16.7 Å². The highest BCUT2D eigenvalue weighted by Crippen LogP contribution is 2.36. The van der Waals surface area contributed by atoms with Gasteiger partial charge >= 0.3 is 0 Å². The summed E-state index contributed by atoms with van der Waals surface area (Å²) in [5, 5.41) is 8.18. The normalized spacial score (nSPS) is 11.0. The number of nitrogens with one attached hydrogen (secondary N) is 1. The lowest BCUT2D eigenvalue weighted by Gasteiger charge is -2.10. The van der Waals surface area contributed by atoms with Crippen molar-refractivity contribution < 1.29 is 4.74 Å². The molecule has 0 aliphatic carbocycles. The first-order valence-corrected chi connectivity index (χ1v) is 9.72. The molecule has 0 spiro atoms. The molecule has 3 N–H and O–H groups in total. The van der Waals surface area contributed by atoms with E-state index in [4.69, 9.17) is 15.5 Å². The number of hydrogen-bond acceptors (Lipinski definition) is 4. The monoisotopic (exact) mass is 392 g/mol. The molecule has 5 heteroatoms. The molecular weight excluding hydrogens is 372 g/mol. The SMILES string of the molecule is Cc1ccc(-c2ncc(-c3ccc(Oc4ccccc4)cc3)c3c(N)n[nH]c23)cc1. The summed E-state index contributed by atoms with van der Waals surface area (Å²) < 4.78 is 5.89.